The molecule has 0 saturated carbocycles. The molecule has 1 N–H and O–H groups in total. The van der Waals surface area contributed by atoms with Crippen molar-refractivity contribution in [2.75, 3.05) is 6.54 Å². The molecular weight excluding hydrogens is 361 g/mol. The zero-order valence-electron chi connectivity index (χ0n) is 9.95. The van der Waals surface area contributed by atoms with Crippen LogP contribution in [-0.2, 0) is 10.0 Å². The fraction of sp³-hybridized carbons (Fsp3) is 0.455. The maximum atomic E-state index is 12.1. The van der Waals surface area contributed by atoms with Gasteiger partial charge in [0.1, 0.15) is 4.90 Å². The molecule has 0 saturated heterocycles. The third-order valence-electron chi connectivity index (χ3n) is 2.37. The normalized spacial score (nSPS) is 13.9. The highest BCUT2D eigenvalue weighted by molar-refractivity contribution is 9.09. The SMILES string of the molecule is CC(C)C(Br)CNS(=O)(=O)c1cc(Cl)ccc1Cl. The molecule has 1 atom stereocenters. The second-order valence-electron chi connectivity index (χ2n) is 4.19. The van der Waals surface area contributed by atoms with E-state index in [1.165, 1.54) is 12.1 Å². The molecule has 0 aliphatic carbocycles. The molecule has 1 rings (SSSR count). The van der Waals surface area contributed by atoms with Crippen molar-refractivity contribution in [1.82, 2.24) is 4.72 Å². The van der Waals surface area contributed by atoms with Crippen molar-refractivity contribution in [3.8, 4) is 0 Å². The molecule has 3 nitrogen and oxygen atoms in total. The van der Waals surface area contributed by atoms with Crippen LogP contribution in [0.3, 0.4) is 0 Å². The number of alkyl halides is 1. The molecule has 0 amide bonds. The Labute approximate surface area is 126 Å². The molecule has 0 aliphatic heterocycles. The monoisotopic (exact) mass is 373 g/mol. The van der Waals surface area contributed by atoms with Crippen molar-refractivity contribution in [3.63, 3.8) is 0 Å². The van der Waals surface area contributed by atoms with Gasteiger partial charge in [0.25, 0.3) is 0 Å². The topological polar surface area (TPSA) is 46.2 Å². The van der Waals surface area contributed by atoms with Gasteiger partial charge in [-0.3, -0.25) is 0 Å². The minimum absolute atomic E-state index is 0.000114. The molecule has 0 aliphatic rings. The van der Waals surface area contributed by atoms with Crippen LogP contribution in [0.2, 0.25) is 10.0 Å². The molecule has 0 radical (unpaired) electrons. The summed E-state index contributed by atoms with van der Waals surface area (Å²) in [5, 5.41) is 0.488. The highest BCUT2D eigenvalue weighted by Crippen LogP contribution is 2.25. The van der Waals surface area contributed by atoms with Gasteiger partial charge >= 0.3 is 0 Å². The van der Waals surface area contributed by atoms with Gasteiger partial charge in [0, 0.05) is 16.4 Å². The number of halogens is 3. The van der Waals surface area contributed by atoms with Gasteiger partial charge in [-0.15, -0.1) is 0 Å². The van der Waals surface area contributed by atoms with E-state index in [4.69, 9.17) is 23.2 Å². The van der Waals surface area contributed by atoms with Crippen molar-refractivity contribution in [3.05, 3.63) is 28.2 Å². The van der Waals surface area contributed by atoms with Crippen molar-refractivity contribution < 1.29 is 8.42 Å². The van der Waals surface area contributed by atoms with Gasteiger partial charge in [0.2, 0.25) is 10.0 Å². The van der Waals surface area contributed by atoms with Gasteiger partial charge < -0.3 is 0 Å². The minimum atomic E-state index is -3.64. The Bertz CT molecular complexity index is 520. The first-order chi connectivity index (χ1) is 8.24. The highest BCUT2D eigenvalue weighted by atomic mass is 79.9. The lowest BCUT2D eigenvalue weighted by atomic mass is 10.1. The lowest BCUT2D eigenvalue weighted by Gasteiger charge is -2.15. The molecule has 0 spiro atoms. The molecule has 0 aromatic heterocycles. The number of hydrogen-bond acceptors (Lipinski definition) is 2. The molecule has 102 valence electrons. The van der Waals surface area contributed by atoms with Crippen LogP contribution in [-0.4, -0.2) is 19.8 Å². The predicted molar refractivity (Wildman–Crippen MR) is 79.2 cm³/mol. The summed E-state index contributed by atoms with van der Waals surface area (Å²) in [5.41, 5.74) is 0. The summed E-state index contributed by atoms with van der Waals surface area (Å²) in [7, 11) is -3.64. The minimum Gasteiger partial charge on any atom is -0.210 e. The van der Waals surface area contributed by atoms with Gasteiger partial charge in [0.15, 0.2) is 0 Å². The number of sulfonamides is 1. The van der Waals surface area contributed by atoms with Crippen LogP contribution in [0.4, 0.5) is 0 Å². The zero-order chi connectivity index (χ0) is 13.9. The molecule has 1 aromatic carbocycles. The summed E-state index contributed by atoms with van der Waals surface area (Å²) in [4.78, 5) is 0.0605. The van der Waals surface area contributed by atoms with E-state index in [2.05, 4.69) is 20.7 Å². The molecular formula is C11H14BrCl2NO2S. The molecule has 7 heteroatoms. The van der Waals surface area contributed by atoms with Gasteiger partial charge in [-0.1, -0.05) is 53.0 Å². The van der Waals surface area contributed by atoms with E-state index in [0.29, 0.717) is 17.5 Å². The first kappa shape index (κ1) is 16.2. The molecule has 0 bridgehead atoms. The summed E-state index contributed by atoms with van der Waals surface area (Å²) in [6.45, 7) is 4.29. The number of rotatable bonds is 5. The Morgan fingerprint density at radius 3 is 2.50 bits per heavy atom. The quantitative estimate of drug-likeness (QED) is 0.798. The second-order valence-corrected chi connectivity index (χ2v) is 7.94. The molecule has 18 heavy (non-hydrogen) atoms. The van der Waals surface area contributed by atoms with E-state index in [1.807, 2.05) is 13.8 Å². The molecule has 1 aromatic rings. The zero-order valence-corrected chi connectivity index (χ0v) is 13.9. The van der Waals surface area contributed by atoms with E-state index in [9.17, 15) is 8.42 Å². The Kier molecular flexibility index (Phi) is 5.93. The third-order valence-corrected chi connectivity index (χ3v) is 5.90. The van der Waals surface area contributed by atoms with E-state index in [-0.39, 0.29) is 14.7 Å². The van der Waals surface area contributed by atoms with Gasteiger partial charge in [-0.05, 0) is 24.1 Å². The standard InChI is InChI=1S/C11H14BrCl2NO2S/c1-7(2)9(12)6-15-18(16,17)11-5-8(13)3-4-10(11)14/h3-5,7,9,15H,6H2,1-2H3. The Morgan fingerprint density at radius 2 is 1.94 bits per heavy atom. The van der Waals surface area contributed by atoms with E-state index in [1.54, 1.807) is 6.07 Å². The number of benzene rings is 1. The fourth-order valence-electron chi connectivity index (χ4n) is 1.19. The van der Waals surface area contributed by atoms with Crippen molar-refractivity contribution in [2.45, 2.75) is 23.6 Å². The van der Waals surface area contributed by atoms with Gasteiger partial charge in [-0.2, -0.15) is 0 Å². The molecule has 0 fully saturated rings. The third kappa shape index (κ3) is 4.38. The highest BCUT2D eigenvalue weighted by Gasteiger charge is 2.20. The summed E-state index contributed by atoms with van der Waals surface area (Å²) < 4.78 is 26.6. The van der Waals surface area contributed by atoms with Crippen LogP contribution in [0.5, 0.6) is 0 Å². The Balaban J connectivity index is 2.90. The first-order valence-corrected chi connectivity index (χ1v) is 8.48. The summed E-state index contributed by atoms with van der Waals surface area (Å²) in [6, 6.07) is 4.35. The van der Waals surface area contributed by atoms with Gasteiger partial charge in [-0.25, -0.2) is 13.1 Å². The number of hydrogen-bond donors (Lipinski definition) is 1. The Morgan fingerprint density at radius 1 is 1.33 bits per heavy atom. The van der Waals surface area contributed by atoms with Crippen LogP contribution < -0.4 is 4.72 Å². The van der Waals surface area contributed by atoms with Crippen molar-refractivity contribution in [1.29, 1.82) is 0 Å². The largest absolute Gasteiger partial charge is 0.242 e. The van der Waals surface area contributed by atoms with E-state index < -0.39 is 10.0 Å². The van der Waals surface area contributed by atoms with E-state index >= 15 is 0 Å². The first-order valence-electron chi connectivity index (χ1n) is 5.33. The summed E-state index contributed by atoms with van der Waals surface area (Å²) in [6.07, 6.45) is 0. The molecule has 1 unspecified atom stereocenters. The fourth-order valence-corrected chi connectivity index (χ4v) is 3.38. The van der Waals surface area contributed by atoms with Crippen LogP contribution in [0.1, 0.15) is 13.8 Å². The van der Waals surface area contributed by atoms with Crippen LogP contribution >= 0.6 is 39.1 Å². The van der Waals surface area contributed by atoms with Crippen LogP contribution in [0.25, 0.3) is 0 Å². The summed E-state index contributed by atoms with van der Waals surface area (Å²) in [5.74, 6) is 0.322. The second kappa shape index (κ2) is 6.57. The van der Waals surface area contributed by atoms with Crippen LogP contribution in [0.15, 0.2) is 23.1 Å². The maximum Gasteiger partial charge on any atom is 0.242 e. The number of nitrogens with one attached hydrogen (secondary N) is 1. The van der Waals surface area contributed by atoms with Crippen LogP contribution in [0, 0.1) is 5.92 Å². The lowest BCUT2D eigenvalue weighted by Crippen LogP contribution is -2.31. The summed E-state index contributed by atoms with van der Waals surface area (Å²) >= 11 is 15.1. The van der Waals surface area contributed by atoms with Crippen molar-refractivity contribution >= 4 is 49.2 Å². The maximum absolute atomic E-state index is 12.1. The molecule has 0 heterocycles. The average molecular weight is 375 g/mol. The van der Waals surface area contributed by atoms with Gasteiger partial charge in [0.05, 0.1) is 5.02 Å². The predicted octanol–water partition coefficient (Wildman–Crippen LogP) is 3.69. The lowest BCUT2D eigenvalue weighted by molar-refractivity contribution is 0.563. The van der Waals surface area contributed by atoms with Crippen molar-refractivity contribution in [2.24, 2.45) is 5.92 Å². The Hall–Kier alpha value is 0.190. The average Bonchev–Trinajstić information content (AvgIpc) is 2.29. The van der Waals surface area contributed by atoms with E-state index in [0.717, 1.165) is 0 Å². The smallest absolute Gasteiger partial charge is 0.210 e.